The highest BCUT2D eigenvalue weighted by molar-refractivity contribution is 5.42. The SMILES string of the molecule is COCCCNc1ccnc(N(Cc2ccccc2)C(C)C)n1. The Morgan fingerprint density at radius 3 is 2.65 bits per heavy atom. The maximum atomic E-state index is 5.06. The Morgan fingerprint density at radius 2 is 1.96 bits per heavy atom. The van der Waals surface area contributed by atoms with E-state index in [0.29, 0.717) is 6.04 Å². The zero-order valence-corrected chi connectivity index (χ0v) is 14.2. The summed E-state index contributed by atoms with van der Waals surface area (Å²) in [4.78, 5) is 11.3. The van der Waals surface area contributed by atoms with Crippen LogP contribution < -0.4 is 10.2 Å². The van der Waals surface area contributed by atoms with Crippen molar-refractivity contribution in [1.29, 1.82) is 0 Å². The first-order valence-electron chi connectivity index (χ1n) is 8.07. The lowest BCUT2D eigenvalue weighted by Gasteiger charge is -2.27. The highest BCUT2D eigenvalue weighted by atomic mass is 16.5. The smallest absolute Gasteiger partial charge is 0.227 e. The van der Waals surface area contributed by atoms with Crippen LogP contribution in [0.25, 0.3) is 0 Å². The Kier molecular flexibility index (Phi) is 6.81. The summed E-state index contributed by atoms with van der Waals surface area (Å²) in [6.45, 7) is 6.70. The van der Waals surface area contributed by atoms with Gasteiger partial charge in [0.05, 0.1) is 0 Å². The van der Waals surface area contributed by atoms with E-state index in [0.717, 1.165) is 37.9 Å². The highest BCUT2D eigenvalue weighted by Crippen LogP contribution is 2.17. The molecule has 5 heteroatoms. The van der Waals surface area contributed by atoms with E-state index in [1.165, 1.54) is 5.56 Å². The van der Waals surface area contributed by atoms with E-state index >= 15 is 0 Å². The average Bonchev–Trinajstić information content (AvgIpc) is 2.57. The van der Waals surface area contributed by atoms with E-state index in [4.69, 9.17) is 4.74 Å². The van der Waals surface area contributed by atoms with Crippen LogP contribution in [0.4, 0.5) is 11.8 Å². The number of benzene rings is 1. The van der Waals surface area contributed by atoms with E-state index in [1.54, 1.807) is 13.3 Å². The number of nitrogens with one attached hydrogen (secondary N) is 1. The van der Waals surface area contributed by atoms with Gasteiger partial charge < -0.3 is 15.0 Å². The van der Waals surface area contributed by atoms with Crippen molar-refractivity contribution in [2.75, 3.05) is 30.5 Å². The third-order valence-electron chi connectivity index (χ3n) is 3.55. The van der Waals surface area contributed by atoms with Crippen molar-refractivity contribution in [3.8, 4) is 0 Å². The third-order valence-corrected chi connectivity index (χ3v) is 3.55. The summed E-state index contributed by atoms with van der Waals surface area (Å²) < 4.78 is 5.06. The first-order valence-corrected chi connectivity index (χ1v) is 8.07. The molecule has 23 heavy (non-hydrogen) atoms. The molecule has 1 N–H and O–H groups in total. The lowest BCUT2D eigenvalue weighted by atomic mass is 10.2. The minimum absolute atomic E-state index is 0.318. The molecule has 0 saturated carbocycles. The molecule has 2 rings (SSSR count). The Balaban J connectivity index is 2.06. The number of hydrogen-bond acceptors (Lipinski definition) is 5. The maximum absolute atomic E-state index is 5.06. The maximum Gasteiger partial charge on any atom is 0.227 e. The predicted octanol–water partition coefficient (Wildman–Crippen LogP) is 3.34. The van der Waals surface area contributed by atoms with Crippen molar-refractivity contribution in [2.24, 2.45) is 0 Å². The molecular weight excluding hydrogens is 288 g/mol. The summed E-state index contributed by atoms with van der Waals surface area (Å²) >= 11 is 0. The molecule has 0 amide bonds. The van der Waals surface area contributed by atoms with Crippen molar-refractivity contribution in [3.63, 3.8) is 0 Å². The van der Waals surface area contributed by atoms with E-state index in [2.05, 4.69) is 58.3 Å². The second-order valence-corrected chi connectivity index (χ2v) is 5.72. The van der Waals surface area contributed by atoms with Crippen LogP contribution in [0.3, 0.4) is 0 Å². The lowest BCUT2D eigenvalue weighted by Crippen LogP contribution is -2.31. The number of hydrogen-bond donors (Lipinski definition) is 1. The fourth-order valence-electron chi connectivity index (χ4n) is 2.28. The molecule has 0 spiro atoms. The Bertz CT molecular complexity index is 574. The Morgan fingerprint density at radius 1 is 1.17 bits per heavy atom. The summed E-state index contributed by atoms with van der Waals surface area (Å²) in [6, 6.07) is 12.6. The van der Waals surface area contributed by atoms with Crippen LogP contribution in [-0.2, 0) is 11.3 Å². The molecule has 2 aromatic rings. The van der Waals surface area contributed by atoms with E-state index in [9.17, 15) is 0 Å². The molecule has 1 aromatic carbocycles. The summed E-state index contributed by atoms with van der Waals surface area (Å²) in [6.07, 6.45) is 2.76. The number of aromatic nitrogens is 2. The molecule has 0 atom stereocenters. The van der Waals surface area contributed by atoms with Crippen molar-refractivity contribution < 1.29 is 4.74 Å². The monoisotopic (exact) mass is 314 g/mol. The number of anilines is 2. The van der Waals surface area contributed by atoms with Crippen LogP contribution in [0.5, 0.6) is 0 Å². The first-order chi connectivity index (χ1) is 11.2. The second-order valence-electron chi connectivity index (χ2n) is 5.72. The number of ether oxygens (including phenoxy) is 1. The Hall–Kier alpha value is -2.14. The van der Waals surface area contributed by atoms with E-state index in [-0.39, 0.29) is 0 Å². The molecule has 124 valence electrons. The zero-order valence-electron chi connectivity index (χ0n) is 14.2. The summed E-state index contributed by atoms with van der Waals surface area (Å²) in [5.74, 6) is 1.60. The highest BCUT2D eigenvalue weighted by Gasteiger charge is 2.14. The van der Waals surface area contributed by atoms with Crippen LogP contribution in [0.15, 0.2) is 42.6 Å². The van der Waals surface area contributed by atoms with Crippen molar-refractivity contribution in [3.05, 3.63) is 48.2 Å². The summed E-state index contributed by atoms with van der Waals surface area (Å²) in [5.41, 5.74) is 1.25. The van der Waals surface area contributed by atoms with Crippen molar-refractivity contribution in [2.45, 2.75) is 32.9 Å². The van der Waals surface area contributed by atoms with Gasteiger partial charge in [-0.1, -0.05) is 30.3 Å². The normalized spacial score (nSPS) is 10.8. The van der Waals surface area contributed by atoms with Crippen molar-refractivity contribution >= 4 is 11.8 Å². The molecule has 0 unspecified atom stereocenters. The lowest BCUT2D eigenvalue weighted by molar-refractivity contribution is 0.198. The fourth-order valence-corrected chi connectivity index (χ4v) is 2.28. The molecule has 0 radical (unpaired) electrons. The van der Waals surface area contributed by atoms with Gasteiger partial charge in [-0.2, -0.15) is 4.98 Å². The van der Waals surface area contributed by atoms with Gasteiger partial charge >= 0.3 is 0 Å². The fraction of sp³-hybridized carbons (Fsp3) is 0.444. The molecule has 0 aliphatic carbocycles. The van der Waals surface area contributed by atoms with Gasteiger partial charge in [0.1, 0.15) is 5.82 Å². The molecule has 0 fully saturated rings. The minimum atomic E-state index is 0.318. The Labute approximate surface area is 138 Å². The standard InChI is InChI=1S/C18H26N4O/c1-15(2)22(14-16-8-5-4-6-9-16)18-20-12-10-17(21-18)19-11-7-13-23-3/h4-6,8-10,12,15H,7,11,13-14H2,1-3H3,(H,19,20,21). The molecule has 0 aliphatic heterocycles. The molecule has 0 saturated heterocycles. The summed E-state index contributed by atoms with van der Waals surface area (Å²) in [7, 11) is 1.72. The van der Waals surface area contributed by atoms with Crippen molar-refractivity contribution in [1.82, 2.24) is 9.97 Å². The van der Waals surface area contributed by atoms with Gasteiger partial charge in [-0.3, -0.25) is 0 Å². The van der Waals surface area contributed by atoms with Gasteiger partial charge in [0, 0.05) is 39.0 Å². The van der Waals surface area contributed by atoms with Gasteiger partial charge in [-0.25, -0.2) is 4.98 Å². The molecular formula is C18H26N4O. The largest absolute Gasteiger partial charge is 0.385 e. The predicted molar refractivity (Wildman–Crippen MR) is 94.8 cm³/mol. The van der Waals surface area contributed by atoms with Crippen LogP contribution in [0.1, 0.15) is 25.8 Å². The van der Waals surface area contributed by atoms with Crippen LogP contribution in [-0.4, -0.2) is 36.3 Å². The molecule has 1 aromatic heterocycles. The molecule has 0 bridgehead atoms. The summed E-state index contributed by atoms with van der Waals surface area (Å²) in [5, 5.41) is 3.32. The van der Waals surface area contributed by atoms with Gasteiger partial charge in [-0.15, -0.1) is 0 Å². The number of methoxy groups -OCH3 is 1. The molecule has 0 aliphatic rings. The number of nitrogens with zero attached hydrogens (tertiary/aromatic N) is 3. The van der Waals surface area contributed by atoms with Gasteiger partial charge in [-0.05, 0) is 31.9 Å². The molecule has 5 nitrogen and oxygen atoms in total. The topological polar surface area (TPSA) is 50.3 Å². The molecule has 1 heterocycles. The van der Waals surface area contributed by atoms with Crippen LogP contribution >= 0.6 is 0 Å². The first kappa shape index (κ1) is 17.2. The quantitative estimate of drug-likeness (QED) is 0.719. The zero-order chi connectivity index (χ0) is 16.5. The minimum Gasteiger partial charge on any atom is -0.385 e. The second kappa shape index (κ2) is 9.10. The van der Waals surface area contributed by atoms with Crippen LogP contribution in [0, 0.1) is 0 Å². The average molecular weight is 314 g/mol. The van der Waals surface area contributed by atoms with Gasteiger partial charge in [0.25, 0.3) is 0 Å². The van der Waals surface area contributed by atoms with Crippen LogP contribution in [0.2, 0.25) is 0 Å². The third kappa shape index (κ3) is 5.53. The van der Waals surface area contributed by atoms with Gasteiger partial charge in [0.15, 0.2) is 0 Å². The van der Waals surface area contributed by atoms with E-state index < -0.39 is 0 Å². The van der Waals surface area contributed by atoms with Gasteiger partial charge in [0.2, 0.25) is 5.95 Å². The van der Waals surface area contributed by atoms with E-state index in [1.807, 2.05) is 12.1 Å². The number of rotatable bonds is 9.